The SMILES string of the molecule is CCC/C=C\C/C=C\CCCCCCCCOCC(COP(=O)(O)OCC[N+](C)(C)C)OC(=O)CCCCCCCCCCCCCCCCCCCCCCC. The van der Waals surface area contributed by atoms with Gasteiger partial charge in [0.2, 0.25) is 0 Å². The fraction of sp³-hybridized carbons (Fsp3) is 0.896. The number of carbonyl (C=O) groups is 1. The maximum atomic E-state index is 12.7. The summed E-state index contributed by atoms with van der Waals surface area (Å²) in [6.45, 7) is 5.57. The highest BCUT2D eigenvalue weighted by molar-refractivity contribution is 7.47. The van der Waals surface area contributed by atoms with Crippen molar-refractivity contribution in [3.05, 3.63) is 24.3 Å². The number of hydrogen-bond donors (Lipinski definition) is 1. The van der Waals surface area contributed by atoms with Crippen molar-refractivity contribution < 1.29 is 37.3 Å². The number of ether oxygens (including phenoxy) is 2. The van der Waals surface area contributed by atoms with Crippen LogP contribution >= 0.6 is 7.82 Å². The third-order valence-electron chi connectivity index (χ3n) is 10.5. The fourth-order valence-corrected chi connectivity index (χ4v) is 7.51. The molecule has 57 heavy (non-hydrogen) atoms. The van der Waals surface area contributed by atoms with Crippen LogP contribution in [0.25, 0.3) is 0 Å². The molecule has 8 nitrogen and oxygen atoms in total. The maximum absolute atomic E-state index is 12.7. The van der Waals surface area contributed by atoms with Gasteiger partial charge in [0.25, 0.3) is 0 Å². The number of phosphoric ester groups is 1. The van der Waals surface area contributed by atoms with Gasteiger partial charge in [-0.25, -0.2) is 4.57 Å². The monoisotopic (exact) mass is 829 g/mol. The summed E-state index contributed by atoms with van der Waals surface area (Å²) in [4.78, 5) is 22.9. The van der Waals surface area contributed by atoms with Crippen LogP contribution in [-0.2, 0) is 27.9 Å². The Hall–Kier alpha value is -1.02. The van der Waals surface area contributed by atoms with E-state index in [0.29, 0.717) is 24.1 Å². The molecule has 338 valence electrons. The van der Waals surface area contributed by atoms with Crippen LogP contribution in [0.5, 0.6) is 0 Å². The second-order valence-corrected chi connectivity index (χ2v) is 19.0. The number of phosphoric acid groups is 1. The lowest BCUT2D eigenvalue weighted by molar-refractivity contribution is -0.870. The van der Waals surface area contributed by atoms with Crippen molar-refractivity contribution in [1.29, 1.82) is 0 Å². The van der Waals surface area contributed by atoms with Gasteiger partial charge in [-0.05, 0) is 38.5 Å². The molecule has 0 heterocycles. The van der Waals surface area contributed by atoms with Gasteiger partial charge >= 0.3 is 13.8 Å². The van der Waals surface area contributed by atoms with Gasteiger partial charge < -0.3 is 18.9 Å². The van der Waals surface area contributed by atoms with Gasteiger partial charge in [-0.1, -0.05) is 199 Å². The summed E-state index contributed by atoms with van der Waals surface area (Å²) in [5.41, 5.74) is 0. The number of nitrogens with zero attached hydrogens (tertiary/aromatic N) is 1. The third-order valence-corrected chi connectivity index (χ3v) is 11.5. The average Bonchev–Trinajstić information content (AvgIpc) is 3.16. The molecular weight excluding hydrogens is 734 g/mol. The molecule has 0 aromatic rings. The first-order valence-corrected chi connectivity index (χ1v) is 25.6. The topological polar surface area (TPSA) is 91.3 Å². The molecule has 0 amide bonds. The van der Waals surface area contributed by atoms with Gasteiger partial charge in [0.15, 0.2) is 0 Å². The van der Waals surface area contributed by atoms with E-state index in [2.05, 4.69) is 38.2 Å². The van der Waals surface area contributed by atoms with Crippen LogP contribution < -0.4 is 0 Å². The number of hydrogen-bond acceptors (Lipinski definition) is 6. The van der Waals surface area contributed by atoms with E-state index >= 15 is 0 Å². The normalized spacial score (nSPS) is 13.9. The molecule has 0 aliphatic rings. The van der Waals surface area contributed by atoms with Crippen LogP contribution in [0.3, 0.4) is 0 Å². The van der Waals surface area contributed by atoms with E-state index in [9.17, 15) is 14.3 Å². The first kappa shape index (κ1) is 56.0. The van der Waals surface area contributed by atoms with Gasteiger partial charge in [0, 0.05) is 13.0 Å². The number of unbranched alkanes of at least 4 members (excludes halogenated alkanes) is 27. The molecule has 2 atom stereocenters. The lowest BCUT2D eigenvalue weighted by atomic mass is 10.0. The van der Waals surface area contributed by atoms with E-state index in [1.807, 2.05) is 21.1 Å². The third kappa shape index (κ3) is 45.9. The van der Waals surface area contributed by atoms with Crippen molar-refractivity contribution in [2.75, 3.05) is 54.1 Å². The van der Waals surface area contributed by atoms with Gasteiger partial charge in [0.1, 0.15) is 19.3 Å². The molecule has 0 bridgehead atoms. The zero-order valence-corrected chi connectivity index (χ0v) is 39.2. The Labute approximate surface area is 353 Å². The Morgan fingerprint density at radius 3 is 1.49 bits per heavy atom. The number of quaternary nitrogens is 1. The predicted molar refractivity (Wildman–Crippen MR) is 243 cm³/mol. The summed E-state index contributed by atoms with van der Waals surface area (Å²) in [7, 11) is 1.67. The summed E-state index contributed by atoms with van der Waals surface area (Å²) in [5.74, 6) is -0.313. The minimum atomic E-state index is -4.28. The smallest absolute Gasteiger partial charge is 0.457 e. The largest absolute Gasteiger partial charge is 0.472 e. The van der Waals surface area contributed by atoms with E-state index in [1.54, 1.807) is 0 Å². The number of allylic oxidation sites excluding steroid dienone is 4. The van der Waals surface area contributed by atoms with Gasteiger partial charge in [-0.15, -0.1) is 0 Å². The number of likely N-dealkylation sites (N-methyl/N-ethyl adjacent to an activating group) is 1. The highest BCUT2D eigenvalue weighted by Gasteiger charge is 2.26. The van der Waals surface area contributed by atoms with Crippen LogP contribution in [0.2, 0.25) is 0 Å². The molecule has 2 unspecified atom stereocenters. The van der Waals surface area contributed by atoms with Gasteiger partial charge in [-0.3, -0.25) is 13.8 Å². The van der Waals surface area contributed by atoms with Crippen LogP contribution in [0, 0.1) is 0 Å². The summed E-state index contributed by atoms with van der Waals surface area (Å²) in [6.07, 6.45) is 47.9. The number of rotatable bonds is 45. The Kier molecular flexibility index (Phi) is 41.0. The van der Waals surface area contributed by atoms with Crippen molar-refractivity contribution in [2.24, 2.45) is 0 Å². The number of esters is 1. The van der Waals surface area contributed by atoms with Crippen LogP contribution in [0.4, 0.5) is 0 Å². The Morgan fingerprint density at radius 1 is 0.544 bits per heavy atom. The minimum absolute atomic E-state index is 0.0884. The van der Waals surface area contributed by atoms with Crippen LogP contribution in [0.15, 0.2) is 24.3 Å². The highest BCUT2D eigenvalue weighted by atomic mass is 31.2. The summed E-state index contributed by atoms with van der Waals surface area (Å²) >= 11 is 0. The van der Waals surface area contributed by atoms with E-state index in [0.717, 1.165) is 44.9 Å². The predicted octanol–water partition coefficient (Wildman–Crippen LogP) is 14.4. The zero-order chi connectivity index (χ0) is 42.0. The van der Waals surface area contributed by atoms with E-state index in [-0.39, 0.29) is 25.8 Å². The molecule has 0 fully saturated rings. The molecule has 0 aliphatic carbocycles. The van der Waals surface area contributed by atoms with E-state index < -0.39 is 13.9 Å². The molecule has 0 spiro atoms. The van der Waals surface area contributed by atoms with Gasteiger partial charge in [0.05, 0.1) is 34.4 Å². The second kappa shape index (κ2) is 41.7. The highest BCUT2D eigenvalue weighted by Crippen LogP contribution is 2.43. The molecule has 0 aliphatic heterocycles. The van der Waals surface area contributed by atoms with Crippen molar-refractivity contribution in [1.82, 2.24) is 0 Å². The molecule has 0 saturated carbocycles. The lowest BCUT2D eigenvalue weighted by Crippen LogP contribution is -2.37. The Balaban J connectivity index is 4.12. The van der Waals surface area contributed by atoms with Crippen molar-refractivity contribution in [3.8, 4) is 0 Å². The van der Waals surface area contributed by atoms with Crippen molar-refractivity contribution in [2.45, 2.75) is 225 Å². The number of carbonyl (C=O) groups excluding carboxylic acids is 1. The average molecular weight is 829 g/mol. The molecule has 0 radical (unpaired) electrons. The summed E-state index contributed by atoms with van der Waals surface area (Å²) < 4.78 is 35.1. The molecular formula is C48H95NO7P+. The quantitative estimate of drug-likeness (QED) is 0.0215. The minimum Gasteiger partial charge on any atom is -0.457 e. The summed E-state index contributed by atoms with van der Waals surface area (Å²) in [5, 5.41) is 0. The second-order valence-electron chi connectivity index (χ2n) is 17.5. The zero-order valence-electron chi connectivity index (χ0n) is 38.3. The fourth-order valence-electron chi connectivity index (χ4n) is 6.77. The Morgan fingerprint density at radius 2 is 1.00 bits per heavy atom. The lowest BCUT2D eigenvalue weighted by Gasteiger charge is -2.24. The van der Waals surface area contributed by atoms with E-state index in [4.69, 9.17) is 18.5 Å². The molecule has 9 heteroatoms. The van der Waals surface area contributed by atoms with Crippen LogP contribution in [-0.4, -0.2) is 75.6 Å². The van der Waals surface area contributed by atoms with Gasteiger partial charge in [-0.2, -0.15) is 0 Å². The maximum Gasteiger partial charge on any atom is 0.472 e. The first-order valence-electron chi connectivity index (χ1n) is 24.1. The molecule has 0 rings (SSSR count). The molecule has 0 saturated heterocycles. The molecule has 1 N–H and O–H groups in total. The first-order chi connectivity index (χ1) is 27.6. The summed E-state index contributed by atoms with van der Waals surface area (Å²) in [6, 6.07) is 0. The van der Waals surface area contributed by atoms with Crippen molar-refractivity contribution >= 4 is 13.8 Å². The standard InChI is InChI=1S/C48H94NO7P/c1-6-8-10-12-14-16-18-20-22-23-24-25-26-27-28-29-31-33-35-37-39-41-48(50)56-47(46-55-57(51,52)54-44-42-49(3,4)5)45-53-43-40-38-36-34-32-30-21-19-17-15-13-11-9-7-2/h11,13,17,19,47H,6-10,12,14-16,18,20-46H2,1-5H3/p+1/b13-11-,19-17-. The molecule has 0 aromatic carbocycles. The Bertz CT molecular complexity index is 967. The van der Waals surface area contributed by atoms with Crippen LogP contribution in [0.1, 0.15) is 219 Å². The van der Waals surface area contributed by atoms with E-state index in [1.165, 1.54) is 154 Å². The molecule has 0 aromatic heterocycles. The van der Waals surface area contributed by atoms with Crippen molar-refractivity contribution in [3.63, 3.8) is 0 Å².